The summed E-state index contributed by atoms with van der Waals surface area (Å²) < 4.78 is 10.8. The van der Waals surface area contributed by atoms with Crippen LogP contribution < -0.4 is 20.3 Å². The van der Waals surface area contributed by atoms with Crippen molar-refractivity contribution < 1.29 is 14.3 Å². The molecule has 1 aliphatic heterocycles. The SMILES string of the molecule is CN=C(NCc1ccc(N2CCCC2=O)cc1)Nc1cccc(OCCCOC)c1.I. The second kappa shape index (κ2) is 13.2. The zero-order chi connectivity index (χ0) is 21.2. The lowest BCUT2D eigenvalue weighted by Gasteiger charge is -2.16. The Labute approximate surface area is 201 Å². The van der Waals surface area contributed by atoms with E-state index >= 15 is 0 Å². The van der Waals surface area contributed by atoms with E-state index in [2.05, 4.69) is 15.6 Å². The Kier molecular flexibility index (Phi) is 10.6. The van der Waals surface area contributed by atoms with E-state index in [1.54, 1.807) is 14.2 Å². The maximum absolute atomic E-state index is 11.9. The number of guanidine groups is 1. The molecule has 3 rings (SSSR count). The molecular weight excluding hydrogens is 507 g/mol. The van der Waals surface area contributed by atoms with Crippen LogP contribution in [-0.2, 0) is 16.1 Å². The third kappa shape index (κ3) is 7.70. The molecule has 2 aromatic carbocycles. The van der Waals surface area contributed by atoms with Crippen LogP contribution in [0, 0.1) is 0 Å². The Bertz CT molecular complexity index is 858. The van der Waals surface area contributed by atoms with Gasteiger partial charge < -0.3 is 25.0 Å². The Hall–Kier alpha value is -2.33. The molecule has 0 aliphatic carbocycles. The number of aliphatic imine (C=N–C) groups is 1. The highest BCUT2D eigenvalue weighted by atomic mass is 127. The Morgan fingerprint density at radius 2 is 1.97 bits per heavy atom. The number of rotatable bonds is 9. The van der Waals surface area contributed by atoms with Crippen LogP contribution in [0.25, 0.3) is 0 Å². The van der Waals surface area contributed by atoms with Crippen molar-refractivity contribution >= 4 is 47.2 Å². The number of carbonyl (C=O) groups excluding carboxylic acids is 1. The van der Waals surface area contributed by atoms with Crippen molar-refractivity contribution in [3.05, 3.63) is 54.1 Å². The molecule has 1 aliphatic rings. The van der Waals surface area contributed by atoms with Crippen LogP contribution in [0.2, 0.25) is 0 Å². The first-order valence-corrected chi connectivity index (χ1v) is 10.3. The van der Waals surface area contributed by atoms with Gasteiger partial charge in [0.1, 0.15) is 5.75 Å². The molecule has 0 atom stereocenters. The van der Waals surface area contributed by atoms with Crippen molar-refractivity contribution in [2.45, 2.75) is 25.8 Å². The van der Waals surface area contributed by atoms with Gasteiger partial charge in [-0.3, -0.25) is 9.79 Å². The van der Waals surface area contributed by atoms with Gasteiger partial charge in [-0.1, -0.05) is 18.2 Å². The van der Waals surface area contributed by atoms with Crippen molar-refractivity contribution in [2.24, 2.45) is 4.99 Å². The maximum Gasteiger partial charge on any atom is 0.227 e. The Morgan fingerprint density at radius 1 is 1.16 bits per heavy atom. The molecule has 0 unspecified atom stereocenters. The lowest BCUT2D eigenvalue weighted by atomic mass is 10.2. The van der Waals surface area contributed by atoms with Crippen LogP contribution in [0.15, 0.2) is 53.5 Å². The number of ether oxygens (including phenoxy) is 2. The topological polar surface area (TPSA) is 75.2 Å². The molecule has 0 spiro atoms. The summed E-state index contributed by atoms with van der Waals surface area (Å²) in [6.45, 7) is 2.73. The van der Waals surface area contributed by atoms with Crippen molar-refractivity contribution in [2.75, 3.05) is 44.1 Å². The monoisotopic (exact) mass is 538 g/mol. The number of nitrogens with zero attached hydrogens (tertiary/aromatic N) is 2. The fourth-order valence-electron chi connectivity index (χ4n) is 3.27. The van der Waals surface area contributed by atoms with E-state index in [4.69, 9.17) is 9.47 Å². The fraction of sp³-hybridized carbons (Fsp3) is 0.391. The second-order valence-corrected chi connectivity index (χ2v) is 7.09. The van der Waals surface area contributed by atoms with E-state index in [1.165, 1.54) is 0 Å². The Morgan fingerprint density at radius 3 is 2.65 bits per heavy atom. The second-order valence-electron chi connectivity index (χ2n) is 7.09. The van der Waals surface area contributed by atoms with E-state index in [9.17, 15) is 4.79 Å². The molecule has 0 radical (unpaired) electrons. The average molecular weight is 538 g/mol. The maximum atomic E-state index is 11.9. The highest BCUT2D eigenvalue weighted by Gasteiger charge is 2.21. The van der Waals surface area contributed by atoms with Gasteiger partial charge in [0.25, 0.3) is 0 Å². The number of hydrogen-bond donors (Lipinski definition) is 2. The van der Waals surface area contributed by atoms with Crippen molar-refractivity contribution in [3.8, 4) is 5.75 Å². The molecule has 0 bridgehead atoms. The number of carbonyl (C=O) groups is 1. The zero-order valence-corrected chi connectivity index (χ0v) is 20.4. The summed E-state index contributed by atoms with van der Waals surface area (Å²) in [5, 5.41) is 6.60. The highest BCUT2D eigenvalue weighted by Crippen LogP contribution is 2.21. The number of benzene rings is 2. The van der Waals surface area contributed by atoms with Gasteiger partial charge >= 0.3 is 0 Å². The van der Waals surface area contributed by atoms with E-state index in [0.29, 0.717) is 32.1 Å². The largest absolute Gasteiger partial charge is 0.493 e. The summed E-state index contributed by atoms with van der Waals surface area (Å²) in [5.41, 5.74) is 2.98. The van der Waals surface area contributed by atoms with Gasteiger partial charge in [-0.05, 0) is 36.2 Å². The highest BCUT2D eigenvalue weighted by molar-refractivity contribution is 14.0. The average Bonchev–Trinajstić information content (AvgIpc) is 3.21. The summed E-state index contributed by atoms with van der Waals surface area (Å²) in [5.74, 6) is 1.68. The molecule has 1 heterocycles. The zero-order valence-electron chi connectivity index (χ0n) is 18.1. The van der Waals surface area contributed by atoms with Gasteiger partial charge in [-0.2, -0.15) is 0 Å². The number of amides is 1. The summed E-state index contributed by atoms with van der Waals surface area (Å²) in [7, 11) is 3.43. The molecule has 1 saturated heterocycles. The minimum atomic E-state index is 0. The molecule has 31 heavy (non-hydrogen) atoms. The molecule has 2 N–H and O–H groups in total. The van der Waals surface area contributed by atoms with Crippen molar-refractivity contribution in [1.82, 2.24) is 5.32 Å². The number of anilines is 2. The van der Waals surface area contributed by atoms with Crippen LogP contribution >= 0.6 is 24.0 Å². The standard InChI is InChI=1S/C23H30N4O3.HI/c1-24-23(26-19-6-3-7-21(16-19)30-15-5-14-29-2)25-17-18-9-11-20(12-10-18)27-13-4-8-22(27)28;/h3,6-7,9-12,16H,4-5,8,13-15,17H2,1-2H3,(H2,24,25,26);1H. The van der Waals surface area contributed by atoms with E-state index in [0.717, 1.165) is 42.1 Å². The summed E-state index contributed by atoms with van der Waals surface area (Å²) in [6, 6.07) is 15.9. The summed E-state index contributed by atoms with van der Waals surface area (Å²) in [4.78, 5) is 18.0. The lowest BCUT2D eigenvalue weighted by molar-refractivity contribution is -0.117. The molecule has 0 saturated carbocycles. The van der Waals surface area contributed by atoms with E-state index in [-0.39, 0.29) is 29.9 Å². The van der Waals surface area contributed by atoms with Crippen LogP contribution in [0.5, 0.6) is 5.75 Å². The summed E-state index contributed by atoms with van der Waals surface area (Å²) >= 11 is 0. The first-order valence-electron chi connectivity index (χ1n) is 10.3. The first kappa shape index (κ1) is 24.9. The molecule has 1 amide bonds. The third-order valence-electron chi connectivity index (χ3n) is 4.86. The number of methoxy groups -OCH3 is 1. The number of halogens is 1. The first-order chi connectivity index (χ1) is 14.7. The van der Waals surface area contributed by atoms with Crippen molar-refractivity contribution in [1.29, 1.82) is 0 Å². The number of nitrogens with one attached hydrogen (secondary N) is 2. The third-order valence-corrected chi connectivity index (χ3v) is 4.86. The normalized spacial score (nSPS) is 13.7. The van der Waals surface area contributed by atoms with E-state index < -0.39 is 0 Å². The quantitative estimate of drug-likeness (QED) is 0.218. The molecule has 0 aromatic heterocycles. The molecule has 168 valence electrons. The van der Waals surface area contributed by atoms with Gasteiger partial charge in [0.05, 0.1) is 6.61 Å². The minimum Gasteiger partial charge on any atom is -0.493 e. The molecule has 1 fully saturated rings. The van der Waals surface area contributed by atoms with Gasteiger partial charge in [0.2, 0.25) is 5.91 Å². The number of hydrogen-bond acceptors (Lipinski definition) is 4. The summed E-state index contributed by atoms with van der Waals surface area (Å²) in [6.07, 6.45) is 2.43. The minimum absolute atomic E-state index is 0. The molecule has 8 heteroatoms. The van der Waals surface area contributed by atoms with Crippen LogP contribution in [-0.4, -0.2) is 45.8 Å². The van der Waals surface area contributed by atoms with Crippen LogP contribution in [0.3, 0.4) is 0 Å². The van der Waals surface area contributed by atoms with Crippen molar-refractivity contribution in [3.63, 3.8) is 0 Å². The fourth-order valence-corrected chi connectivity index (χ4v) is 3.27. The lowest BCUT2D eigenvalue weighted by Crippen LogP contribution is -2.30. The van der Waals surface area contributed by atoms with Crippen LogP contribution in [0.4, 0.5) is 11.4 Å². The van der Waals surface area contributed by atoms with Crippen LogP contribution in [0.1, 0.15) is 24.8 Å². The predicted octanol–water partition coefficient (Wildman–Crippen LogP) is 4.03. The van der Waals surface area contributed by atoms with Gasteiger partial charge in [0, 0.05) is 64.1 Å². The molecule has 2 aromatic rings. The smallest absolute Gasteiger partial charge is 0.227 e. The molecule has 7 nitrogen and oxygen atoms in total. The molecular formula is C23H31IN4O3. The van der Waals surface area contributed by atoms with Gasteiger partial charge in [0.15, 0.2) is 5.96 Å². The van der Waals surface area contributed by atoms with E-state index in [1.807, 2.05) is 53.4 Å². The van der Waals surface area contributed by atoms with Gasteiger partial charge in [-0.25, -0.2) is 0 Å². The Balaban J connectivity index is 0.00000341. The predicted molar refractivity (Wildman–Crippen MR) is 136 cm³/mol. The van der Waals surface area contributed by atoms with Gasteiger partial charge in [-0.15, -0.1) is 24.0 Å².